The van der Waals surface area contributed by atoms with Crippen molar-refractivity contribution in [3.8, 4) is 5.88 Å². The van der Waals surface area contributed by atoms with Crippen molar-refractivity contribution in [2.24, 2.45) is 5.92 Å². The van der Waals surface area contributed by atoms with Crippen molar-refractivity contribution in [1.82, 2.24) is 14.9 Å². The van der Waals surface area contributed by atoms with E-state index in [1.54, 1.807) is 6.20 Å². The van der Waals surface area contributed by atoms with E-state index in [-0.39, 0.29) is 0 Å². The fourth-order valence-corrected chi connectivity index (χ4v) is 3.82. The Hall–Kier alpha value is -1.98. The molecule has 3 atom stereocenters. The first-order chi connectivity index (χ1) is 11.9. The Kier molecular flexibility index (Phi) is 4.71. The third kappa shape index (κ3) is 3.57. The maximum Gasteiger partial charge on any atom is 0.213 e. The minimum absolute atomic E-state index is 0.327. The standard InChI is InChI=1S/C19H23N3O2/c1-2-7-21-19(5-1)24-14-16-10-17-18(11-16)23-9-8-22(17)13-15-4-3-6-20-12-15/h1-7,12,16-18H,8-11,13-14H2. The Labute approximate surface area is 142 Å². The molecule has 1 aliphatic heterocycles. The maximum atomic E-state index is 6.02. The van der Waals surface area contributed by atoms with Gasteiger partial charge in [-0.3, -0.25) is 9.88 Å². The van der Waals surface area contributed by atoms with E-state index in [2.05, 4.69) is 20.9 Å². The molecule has 2 aliphatic rings. The molecular weight excluding hydrogens is 302 g/mol. The molecule has 3 heterocycles. The maximum absolute atomic E-state index is 6.02. The normalized spacial score (nSPS) is 26.9. The first kappa shape index (κ1) is 15.5. The molecule has 0 radical (unpaired) electrons. The Bertz CT molecular complexity index is 638. The van der Waals surface area contributed by atoms with Crippen molar-refractivity contribution in [1.29, 1.82) is 0 Å². The summed E-state index contributed by atoms with van der Waals surface area (Å²) in [5.74, 6) is 1.23. The molecule has 3 unspecified atom stereocenters. The van der Waals surface area contributed by atoms with Crippen LogP contribution in [0, 0.1) is 5.92 Å². The molecule has 1 saturated heterocycles. The minimum atomic E-state index is 0.327. The third-order valence-electron chi connectivity index (χ3n) is 4.96. The summed E-state index contributed by atoms with van der Waals surface area (Å²) < 4.78 is 11.9. The molecule has 0 aromatic carbocycles. The van der Waals surface area contributed by atoms with Crippen molar-refractivity contribution >= 4 is 0 Å². The quantitative estimate of drug-likeness (QED) is 0.845. The fourth-order valence-electron chi connectivity index (χ4n) is 3.82. The zero-order chi connectivity index (χ0) is 16.2. The van der Waals surface area contributed by atoms with Gasteiger partial charge in [-0.1, -0.05) is 12.1 Å². The molecule has 4 rings (SSSR count). The average molecular weight is 325 g/mol. The van der Waals surface area contributed by atoms with Gasteiger partial charge >= 0.3 is 0 Å². The Balaban J connectivity index is 1.35. The lowest BCUT2D eigenvalue weighted by Gasteiger charge is -2.37. The van der Waals surface area contributed by atoms with Gasteiger partial charge in [0.25, 0.3) is 0 Å². The smallest absolute Gasteiger partial charge is 0.213 e. The number of morpholine rings is 1. The lowest BCUT2D eigenvalue weighted by atomic mass is 10.1. The van der Waals surface area contributed by atoms with Gasteiger partial charge in [0, 0.05) is 43.8 Å². The Morgan fingerprint density at radius 3 is 3.00 bits per heavy atom. The van der Waals surface area contributed by atoms with Crippen LogP contribution in [0.15, 0.2) is 48.9 Å². The van der Waals surface area contributed by atoms with Gasteiger partial charge in [-0.25, -0.2) is 4.98 Å². The van der Waals surface area contributed by atoms with Crippen LogP contribution in [-0.2, 0) is 11.3 Å². The number of hydrogen-bond donors (Lipinski definition) is 0. The van der Waals surface area contributed by atoms with Gasteiger partial charge in [-0.15, -0.1) is 0 Å². The summed E-state index contributed by atoms with van der Waals surface area (Å²) >= 11 is 0. The van der Waals surface area contributed by atoms with E-state index >= 15 is 0 Å². The van der Waals surface area contributed by atoms with E-state index in [4.69, 9.17) is 9.47 Å². The molecule has 0 spiro atoms. The average Bonchev–Trinajstić information content (AvgIpc) is 3.06. The molecule has 24 heavy (non-hydrogen) atoms. The second-order valence-electron chi connectivity index (χ2n) is 6.62. The summed E-state index contributed by atoms with van der Waals surface area (Å²) in [6.45, 7) is 3.47. The summed E-state index contributed by atoms with van der Waals surface area (Å²) in [5.41, 5.74) is 1.27. The van der Waals surface area contributed by atoms with Crippen LogP contribution in [0.1, 0.15) is 18.4 Å². The van der Waals surface area contributed by atoms with Crippen LogP contribution in [0.25, 0.3) is 0 Å². The molecule has 2 aromatic rings. The number of aromatic nitrogens is 2. The SMILES string of the molecule is c1ccc(OCC2CC3OCCN(Cc4cccnc4)C3C2)nc1. The fraction of sp³-hybridized carbons (Fsp3) is 0.474. The van der Waals surface area contributed by atoms with E-state index in [9.17, 15) is 0 Å². The molecular formula is C19H23N3O2. The van der Waals surface area contributed by atoms with Gasteiger partial charge < -0.3 is 9.47 Å². The Morgan fingerprint density at radius 1 is 1.17 bits per heavy atom. The lowest BCUT2D eigenvalue weighted by molar-refractivity contribution is -0.0590. The molecule has 126 valence electrons. The van der Waals surface area contributed by atoms with Crippen molar-refractivity contribution in [3.05, 3.63) is 54.5 Å². The molecule has 5 nitrogen and oxygen atoms in total. The van der Waals surface area contributed by atoms with E-state index in [1.165, 1.54) is 5.56 Å². The molecule has 0 bridgehead atoms. The van der Waals surface area contributed by atoms with Gasteiger partial charge in [0.1, 0.15) is 0 Å². The van der Waals surface area contributed by atoms with Crippen LogP contribution < -0.4 is 4.74 Å². The number of ether oxygens (including phenoxy) is 2. The highest BCUT2D eigenvalue weighted by Crippen LogP contribution is 2.35. The highest BCUT2D eigenvalue weighted by atomic mass is 16.5. The molecule has 2 aromatic heterocycles. The topological polar surface area (TPSA) is 47.5 Å². The molecule has 0 amide bonds. The van der Waals surface area contributed by atoms with Crippen LogP contribution in [0.4, 0.5) is 0 Å². The number of fused-ring (bicyclic) bond motifs is 1. The summed E-state index contributed by atoms with van der Waals surface area (Å²) in [6.07, 6.45) is 8.07. The summed E-state index contributed by atoms with van der Waals surface area (Å²) in [7, 11) is 0. The number of hydrogen-bond acceptors (Lipinski definition) is 5. The second-order valence-corrected chi connectivity index (χ2v) is 6.62. The summed E-state index contributed by atoms with van der Waals surface area (Å²) in [5, 5.41) is 0. The lowest BCUT2D eigenvalue weighted by Crippen LogP contribution is -2.47. The number of nitrogens with zero attached hydrogens (tertiary/aromatic N) is 3. The van der Waals surface area contributed by atoms with E-state index < -0.39 is 0 Å². The van der Waals surface area contributed by atoms with Crippen LogP contribution >= 0.6 is 0 Å². The predicted octanol–water partition coefficient (Wildman–Crippen LogP) is 2.54. The van der Waals surface area contributed by atoms with Crippen molar-refractivity contribution in [2.45, 2.75) is 31.5 Å². The zero-order valence-corrected chi connectivity index (χ0v) is 13.8. The highest BCUT2D eigenvalue weighted by molar-refractivity contribution is 5.10. The monoisotopic (exact) mass is 325 g/mol. The number of rotatable bonds is 5. The van der Waals surface area contributed by atoms with Crippen LogP contribution in [0.3, 0.4) is 0 Å². The molecule has 0 N–H and O–H groups in total. The van der Waals surface area contributed by atoms with Gasteiger partial charge in [0.05, 0.1) is 19.3 Å². The molecule has 2 fully saturated rings. The van der Waals surface area contributed by atoms with Crippen LogP contribution in [0.5, 0.6) is 5.88 Å². The largest absolute Gasteiger partial charge is 0.477 e. The van der Waals surface area contributed by atoms with Crippen molar-refractivity contribution in [2.75, 3.05) is 19.8 Å². The zero-order valence-electron chi connectivity index (χ0n) is 13.8. The molecule has 5 heteroatoms. The number of pyridine rings is 2. The first-order valence-corrected chi connectivity index (χ1v) is 8.67. The van der Waals surface area contributed by atoms with E-state index in [0.717, 1.165) is 32.5 Å². The van der Waals surface area contributed by atoms with Gasteiger partial charge in [0.2, 0.25) is 5.88 Å². The first-order valence-electron chi connectivity index (χ1n) is 8.67. The van der Waals surface area contributed by atoms with Gasteiger partial charge in [-0.05, 0) is 36.5 Å². The van der Waals surface area contributed by atoms with Crippen LogP contribution in [0.2, 0.25) is 0 Å². The van der Waals surface area contributed by atoms with Crippen molar-refractivity contribution in [3.63, 3.8) is 0 Å². The van der Waals surface area contributed by atoms with Crippen molar-refractivity contribution < 1.29 is 9.47 Å². The van der Waals surface area contributed by atoms with Gasteiger partial charge in [-0.2, -0.15) is 0 Å². The summed E-state index contributed by atoms with van der Waals surface area (Å²) in [4.78, 5) is 11.0. The third-order valence-corrected chi connectivity index (χ3v) is 4.96. The Morgan fingerprint density at radius 2 is 2.17 bits per heavy atom. The second kappa shape index (κ2) is 7.28. The van der Waals surface area contributed by atoms with E-state index in [1.807, 2.05) is 36.7 Å². The highest BCUT2D eigenvalue weighted by Gasteiger charge is 2.41. The predicted molar refractivity (Wildman–Crippen MR) is 90.6 cm³/mol. The summed E-state index contributed by atoms with van der Waals surface area (Å²) in [6, 6.07) is 10.4. The van der Waals surface area contributed by atoms with Crippen LogP contribution in [-0.4, -0.2) is 46.8 Å². The van der Waals surface area contributed by atoms with E-state index in [0.29, 0.717) is 30.6 Å². The van der Waals surface area contributed by atoms with Gasteiger partial charge in [0.15, 0.2) is 0 Å². The molecule has 1 aliphatic carbocycles. The molecule has 1 saturated carbocycles. The minimum Gasteiger partial charge on any atom is -0.477 e.